The number of rotatable bonds is 54. The van der Waals surface area contributed by atoms with Crippen molar-refractivity contribution in [2.75, 3.05) is 19.8 Å². The highest BCUT2D eigenvalue weighted by Gasteiger charge is 2.13. The van der Waals surface area contributed by atoms with Crippen LogP contribution in [0.25, 0.3) is 0 Å². The Hall–Kier alpha value is -0.610. The van der Waals surface area contributed by atoms with Crippen LogP contribution in [0, 0.1) is 0 Å². The standard InChI is InChI=1S/C56H112O4/c1-3-5-7-9-11-13-15-17-19-21-23-25-27-29-31-33-35-37-39-41-43-45-47-49-51-56(58)60-55(53-57)54-59-52-50-48-46-44-42-40-38-36-34-32-30-28-26-24-22-20-18-16-14-12-10-8-6-4-2/h55,57H,3-54H2,1-2H3. The number of hydrogen-bond donors (Lipinski definition) is 1. The van der Waals surface area contributed by atoms with Crippen LogP contribution in [0.4, 0.5) is 0 Å². The zero-order valence-electron chi connectivity index (χ0n) is 41.5. The number of hydrogen-bond acceptors (Lipinski definition) is 4. The van der Waals surface area contributed by atoms with Crippen molar-refractivity contribution in [1.82, 2.24) is 0 Å². The van der Waals surface area contributed by atoms with Crippen molar-refractivity contribution in [2.45, 2.75) is 335 Å². The normalized spacial score (nSPS) is 12.1. The Morgan fingerprint density at radius 2 is 0.550 bits per heavy atom. The van der Waals surface area contributed by atoms with Gasteiger partial charge in [-0.1, -0.05) is 309 Å². The number of aliphatic hydroxyl groups excluding tert-OH is 1. The van der Waals surface area contributed by atoms with Gasteiger partial charge in [-0.2, -0.15) is 0 Å². The molecule has 1 unspecified atom stereocenters. The molecule has 0 heterocycles. The van der Waals surface area contributed by atoms with Gasteiger partial charge in [-0.3, -0.25) is 4.79 Å². The molecular weight excluding hydrogens is 737 g/mol. The molecule has 0 aliphatic heterocycles. The van der Waals surface area contributed by atoms with E-state index in [1.54, 1.807) is 0 Å². The molecule has 0 amide bonds. The van der Waals surface area contributed by atoms with E-state index in [1.165, 1.54) is 289 Å². The molecule has 0 aliphatic rings. The van der Waals surface area contributed by atoms with Crippen molar-refractivity contribution in [3.8, 4) is 0 Å². The van der Waals surface area contributed by atoms with Crippen molar-refractivity contribution in [3.05, 3.63) is 0 Å². The van der Waals surface area contributed by atoms with Crippen LogP contribution in [0.15, 0.2) is 0 Å². The van der Waals surface area contributed by atoms with E-state index in [0.717, 1.165) is 19.3 Å². The number of esters is 1. The molecule has 0 saturated carbocycles. The minimum Gasteiger partial charge on any atom is -0.457 e. The van der Waals surface area contributed by atoms with E-state index in [0.29, 0.717) is 19.6 Å². The smallest absolute Gasteiger partial charge is 0.306 e. The lowest BCUT2D eigenvalue weighted by atomic mass is 10.0. The highest BCUT2D eigenvalue weighted by Crippen LogP contribution is 2.18. The van der Waals surface area contributed by atoms with Gasteiger partial charge in [-0.15, -0.1) is 0 Å². The molecular formula is C56H112O4. The fourth-order valence-electron chi connectivity index (χ4n) is 8.98. The monoisotopic (exact) mass is 849 g/mol. The van der Waals surface area contributed by atoms with Crippen molar-refractivity contribution < 1.29 is 19.4 Å². The Balaban J connectivity index is 3.31. The summed E-state index contributed by atoms with van der Waals surface area (Å²) in [5.41, 5.74) is 0. The summed E-state index contributed by atoms with van der Waals surface area (Å²) in [7, 11) is 0. The number of carbonyl (C=O) groups excluding carboxylic acids is 1. The summed E-state index contributed by atoms with van der Waals surface area (Å²) in [6.07, 6.45) is 66.5. The molecule has 60 heavy (non-hydrogen) atoms. The van der Waals surface area contributed by atoms with Crippen LogP contribution >= 0.6 is 0 Å². The number of ether oxygens (including phenoxy) is 2. The SMILES string of the molecule is CCCCCCCCCCCCCCCCCCCCCCCCCCOCC(CO)OC(=O)CCCCCCCCCCCCCCCCCCCCCCCCCC. The second kappa shape index (κ2) is 54.5. The lowest BCUT2D eigenvalue weighted by Gasteiger charge is -2.16. The average molecular weight is 850 g/mol. The molecule has 0 aromatic rings. The summed E-state index contributed by atoms with van der Waals surface area (Å²) in [6.45, 7) is 5.43. The second-order valence-corrected chi connectivity index (χ2v) is 19.4. The van der Waals surface area contributed by atoms with Gasteiger partial charge < -0.3 is 14.6 Å². The van der Waals surface area contributed by atoms with Gasteiger partial charge in [0, 0.05) is 13.0 Å². The van der Waals surface area contributed by atoms with Crippen LogP contribution < -0.4 is 0 Å². The van der Waals surface area contributed by atoms with E-state index in [4.69, 9.17) is 9.47 Å². The molecule has 4 heteroatoms. The minimum atomic E-state index is -0.527. The highest BCUT2D eigenvalue weighted by molar-refractivity contribution is 5.69. The van der Waals surface area contributed by atoms with E-state index < -0.39 is 6.10 Å². The molecule has 0 bridgehead atoms. The first-order chi connectivity index (χ1) is 29.7. The topological polar surface area (TPSA) is 55.8 Å². The predicted molar refractivity (Wildman–Crippen MR) is 265 cm³/mol. The van der Waals surface area contributed by atoms with E-state index in [2.05, 4.69) is 13.8 Å². The Labute approximate surface area is 378 Å². The van der Waals surface area contributed by atoms with Crippen molar-refractivity contribution in [1.29, 1.82) is 0 Å². The molecule has 1 N–H and O–H groups in total. The van der Waals surface area contributed by atoms with Crippen molar-refractivity contribution in [3.63, 3.8) is 0 Å². The molecule has 1 atom stereocenters. The summed E-state index contributed by atoms with van der Waals surface area (Å²) in [5, 5.41) is 9.67. The quantitative estimate of drug-likeness (QED) is 0.0489. The van der Waals surface area contributed by atoms with Crippen LogP contribution in [0.5, 0.6) is 0 Å². The maximum Gasteiger partial charge on any atom is 0.306 e. The summed E-state index contributed by atoms with van der Waals surface area (Å²) in [6, 6.07) is 0. The fourth-order valence-corrected chi connectivity index (χ4v) is 8.98. The summed E-state index contributed by atoms with van der Waals surface area (Å²) >= 11 is 0. The summed E-state index contributed by atoms with van der Waals surface area (Å²) < 4.78 is 11.3. The van der Waals surface area contributed by atoms with E-state index >= 15 is 0 Å². The van der Waals surface area contributed by atoms with Gasteiger partial charge in [0.05, 0.1) is 13.2 Å². The lowest BCUT2D eigenvalue weighted by molar-refractivity contribution is -0.154. The van der Waals surface area contributed by atoms with Gasteiger partial charge in [0.2, 0.25) is 0 Å². The van der Waals surface area contributed by atoms with Crippen molar-refractivity contribution >= 4 is 5.97 Å². The molecule has 0 radical (unpaired) electrons. The first kappa shape index (κ1) is 59.4. The number of unbranched alkanes of at least 4 members (excludes halogenated alkanes) is 46. The largest absolute Gasteiger partial charge is 0.457 e. The second-order valence-electron chi connectivity index (χ2n) is 19.4. The molecule has 0 rings (SSSR count). The van der Waals surface area contributed by atoms with Gasteiger partial charge in [0.25, 0.3) is 0 Å². The third-order valence-electron chi connectivity index (χ3n) is 13.2. The number of aliphatic hydroxyl groups is 1. The Morgan fingerprint density at radius 1 is 0.333 bits per heavy atom. The molecule has 0 aliphatic carbocycles. The first-order valence-corrected chi connectivity index (χ1v) is 28.1. The summed E-state index contributed by atoms with van der Waals surface area (Å²) in [5.74, 6) is -0.189. The molecule has 0 spiro atoms. The molecule has 0 saturated heterocycles. The van der Waals surface area contributed by atoms with Gasteiger partial charge >= 0.3 is 5.97 Å². The highest BCUT2D eigenvalue weighted by atomic mass is 16.6. The molecule has 0 aromatic heterocycles. The lowest BCUT2D eigenvalue weighted by Crippen LogP contribution is -2.27. The van der Waals surface area contributed by atoms with E-state index in [1.807, 2.05) is 0 Å². The molecule has 0 fully saturated rings. The minimum absolute atomic E-state index is 0.162. The first-order valence-electron chi connectivity index (χ1n) is 28.1. The predicted octanol–water partition coefficient (Wildman–Crippen LogP) is 19.1. The zero-order valence-corrected chi connectivity index (χ0v) is 41.5. The Morgan fingerprint density at radius 3 is 0.783 bits per heavy atom. The van der Waals surface area contributed by atoms with Crippen LogP contribution in [-0.4, -0.2) is 37.0 Å². The molecule has 4 nitrogen and oxygen atoms in total. The van der Waals surface area contributed by atoms with E-state index in [-0.39, 0.29) is 12.6 Å². The van der Waals surface area contributed by atoms with Crippen molar-refractivity contribution in [2.24, 2.45) is 0 Å². The van der Waals surface area contributed by atoms with Crippen LogP contribution in [0.3, 0.4) is 0 Å². The average Bonchev–Trinajstić information content (AvgIpc) is 3.25. The molecule has 360 valence electrons. The fraction of sp³-hybridized carbons (Fsp3) is 0.982. The van der Waals surface area contributed by atoms with Crippen LogP contribution in [-0.2, 0) is 14.3 Å². The van der Waals surface area contributed by atoms with E-state index in [9.17, 15) is 9.90 Å². The van der Waals surface area contributed by atoms with Crippen LogP contribution in [0.2, 0.25) is 0 Å². The van der Waals surface area contributed by atoms with Gasteiger partial charge in [0.15, 0.2) is 0 Å². The maximum atomic E-state index is 12.3. The summed E-state index contributed by atoms with van der Waals surface area (Å²) in [4.78, 5) is 12.3. The van der Waals surface area contributed by atoms with Crippen LogP contribution in [0.1, 0.15) is 328 Å². The Kier molecular flexibility index (Phi) is 54.0. The number of carbonyl (C=O) groups is 1. The third kappa shape index (κ3) is 51.7. The van der Waals surface area contributed by atoms with Gasteiger partial charge in [-0.25, -0.2) is 0 Å². The Bertz CT molecular complexity index is 770. The van der Waals surface area contributed by atoms with Gasteiger partial charge in [0.1, 0.15) is 6.10 Å². The van der Waals surface area contributed by atoms with Gasteiger partial charge in [-0.05, 0) is 12.8 Å². The zero-order chi connectivity index (χ0) is 43.3. The third-order valence-corrected chi connectivity index (χ3v) is 13.2. The molecule has 0 aromatic carbocycles. The maximum absolute atomic E-state index is 12.3.